The normalized spacial score (nSPS) is 18.6. The highest BCUT2D eigenvalue weighted by molar-refractivity contribution is 5.89. The molecular formula is C35H37F9N6O8. The average molecular weight is 841 g/mol. The minimum atomic E-state index is -5.10. The topological polar surface area (TPSA) is 202 Å². The first-order chi connectivity index (χ1) is 26.9. The summed E-state index contributed by atoms with van der Waals surface area (Å²) in [7, 11) is 0. The number of ether oxygens (including phenoxy) is 2. The van der Waals surface area contributed by atoms with Gasteiger partial charge in [0.05, 0.1) is 85.3 Å². The molecule has 58 heavy (non-hydrogen) atoms. The molecule has 1 saturated heterocycles. The van der Waals surface area contributed by atoms with Gasteiger partial charge in [0.25, 0.3) is 0 Å². The number of nitrogens with zero attached hydrogens (tertiary/aromatic N) is 5. The maximum Gasteiger partial charge on any atom is 0.433 e. The fourth-order valence-electron chi connectivity index (χ4n) is 6.19. The Bertz CT molecular complexity index is 1910. The molecule has 0 spiro atoms. The molecule has 2 aliphatic heterocycles. The van der Waals surface area contributed by atoms with Crippen LogP contribution < -0.4 is 15.5 Å². The number of carbonyl (C=O) groups is 3. The zero-order chi connectivity index (χ0) is 43.2. The molecule has 5 rings (SSSR count). The van der Waals surface area contributed by atoms with Crippen LogP contribution in [0.3, 0.4) is 0 Å². The molecule has 23 heteroatoms. The lowest BCUT2D eigenvalue weighted by Gasteiger charge is -2.45. The maximum absolute atomic E-state index is 13.7. The van der Waals surface area contributed by atoms with E-state index in [1.807, 2.05) is 0 Å². The molecule has 1 aromatic carbocycles. The Kier molecular flexibility index (Phi) is 14.2. The number of alkyl halides is 9. The van der Waals surface area contributed by atoms with Gasteiger partial charge in [-0.2, -0.15) is 39.5 Å². The number of amides is 1. The highest BCUT2D eigenvalue weighted by Gasteiger charge is 2.48. The van der Waals surface area contributed by atoms with Crippen molar-refractivity contribution in [1.82, 2.24) is 15.0 Å². The maximum atomic E-state index is 13.7. The van der Waals surface area contributed by atoms with Crippen molar-refractivity contribution in [2.45, 2.75) is 69.1 Å². The van der Waals surface area contributed by atoms with Crippen LogP contribution in [-0.4, -0.2) is 93.5 Å². The van der Waals surface area contributed by atoms with Gasteiger partial charge in [0.15, 0.2) is 0 Å². The van der Waals surface area contributed by atoms with Crippen molar-refractivity contribution in [1.29, 1.82) is 0 Å². The fraction of sp³-hybridized carbons (Fsp3) is 0.486. The van der Waals surface area contributed by atoms with Crippen LogP contribution in [-0.2, 0) is 44.0 Å². The molecule has 0 saturated carbocycles. The summed E-state index contributed by atoms with van der Waals surface area (Å²) in [6.45, 7) is 2.77. The van der Waals surface area contributed by atoms with Gasteiger partial charge in [-0.05, 0) is 48.7 Å². The molecule has 2 aromatic heterocycles. The molecule has 0 bridgehead atoms. The second kappa shape index (κ2) is 18.1. The molecule has 1 fully saturated rings. The van der Waals surface area contributed by atoms with Crippen molar-refractivity contribution in [3.05, 3.63) is 76.1 Å². The number of halogens is 9. The molecule has 5 N–H and O–H groups in total. The van der Waals surface area contributed by atoms with Gasteiger partial charge in [0, 0.05) is 19.5 Å². The van der Waals surface area contributed by atoms with E-state index in [1.165, 1.54) is 6.20 Å². The Labute approximate surface area is 323 Å². The van der Waals surface area contributed by atoms with Crippen LogP contribution in [0.5, 0.6) is 0 Å². The van der Waals surface area contributed by atoms with Gasteiger partial charge in [-0.25, -0.2) is 19.7 Å². The molecular weight excluding hydrogens is 803 g/mol. The van der Waals surface area contributed by atoms with Crippen molar-refractivity contribution in [2.75, 3.05) is 49.3 Å². The molecule has 1 amide bonds. The fourth-order valence-corrected chi connectivity index (χ4v) is 6.19. The predicted octanol–water partition coefficient (Wildman–Crippen LogP) is 6.39. The number of nitrogens with two attached hydrogens (primary N) is 1. The molecule has 318 valence electrons. The van der Waals surface area contributed by atoms with Gasteiger partial charge < -0.3 is 35.4 Å². The number of aromatic nitrogens is 3. The van der Waals surface area contributed by atoms with Crippen LogP contribution in [0.4, 0.5) is 55.7 Å². The minimum Gasteiger partial charge on any atom is -0.481 e. The second-order valence-corrected chi connectivity index (χ2v) is 13.1. The number of aliphatic carboxylic acids is 2. The molecule has 14 nitrogen and oxygen atoms in total. The van der Waals surface area contributed by atoms with E-state index in [2.05, 4.69) is 15.0 Å². The minimum absolute atomic E-state index is 0.000438. The van der Waals surface area contributed by atoms with E-state index in [1.54, 1.807) is 11.8 Å². The number of carboxylic acid groups (broad SMARTS) is 3. The number of benzene rings is 1. The van der Waals surface area contributed by atoms with Crippen molar-refractivity contribution >= 4 is 29.4 Å². The number of hydrogen-bond acceptors (Lipinski definition) is 10. The van der Waals surface area contributed by atoms with E-state index in [0.29, 0.717) is 18.2 Å². The summed E-state index contributed by atoms with van der Waals surface area (Å²) >= 11 is 0. The summed E-state index contributed by atoms with van der Waals surface area (Å²) in [6, 6.07) is 2.67. The summed E-state index contributed by atoms with van der Waals surface area (Å²) in [4.78, 5) is 47.1. The quantitative estimate of drug-likeness (QED) is 0.122. The summed E-state index contributed by atoms with van der Waals surface area (Å²) < 4.78 is 133. The van der Waals surface area contributed by atoms with Gasteiger partial charge >= 0.3 is 36.6 Å². The molecule has 2 atom stereocenters. The van der Waals surface area contributed by atoms with Gasteiger partial charge in [-0.15, -0.1) is 0 Å². The Hall–Kier alpha value is -5.29. The summed E-state index contributed by atoms with van der Waals surface area (Å²) in [5, 5.41) is 26.2. The van der Waals surface area contributed by atoms with Crippen molar-refractivity contribution < 1.29 is 78.7 Å². The van der Waals surface area contributed by atoms with E-state index < -0.39 is 71.4 Å². The molecule has 4 heterocycles. The summed E-state index contributed by atoms with van der Waals surface area (Å²) in [6.07, 6.45) is -16.4. The lowest BCUT2D eigenvalue weighted by Crippen LogP contribution is -2.61. The SMILES string of the molecule is CC[C@]1(N)C[C@H](c2ncc(N3CCOCC3)c(Cc3cc(C(F)(F)F)cc(C(F)(F)F)c3)n2)c2nc(C(F)(F)F)ccc2N1C(=O)O.O=C(O)CCOCCC(=O)O. The largest absolute Gasteiger partial charge is 0.481 e. The van der Waals surface area contributed by atoms with Crippen LogP contribution in [0.15, 0.2) is 36.5 Å². The third-order valence-electron chi connectivity index (χ3n) is 9.04. The smallest absolute Gasteiger partial charge is 0.433 e. The Balaban J connectivity index is 0.000000592. The van der Waals surface area contributed by atoms with E-state index in [9.17, 15) is 59.0 Å². The Morgan fingerprint density at radius 1 is 0.862 bits per heavy atom. The lowest BCUT2D eigenvalue weighted by molar-refractivity contribution is -0.144. The van der Waals surface area contributed by atoms with Crippen LogP contribution in [0.2, 0.25) is 0 Å². The zero-order valence-corrected chi connectivity index (χ0v) is 30.4. The predicted molar refractivity (Wildman–Crippen MR) is 183 cm³/mol. The summed E-state index contributed by atoms with van der Waals surface area (Å²) in [5.74, 6) is -3.32. The van der Waals surface area contributed by atoms with E-state index in [0.717, 1.165) is 11.0 Å². The van der Waals surface area contributed by atoms with Crippen molar-refractivity contribution in [3.8, 4) is 0 Å². The van der Waals surface area contributed by atoms with E-state index in [4.69, 9.17) is 25.4 Å². The van der Waals surface area contributed by atoms with E-state index >= 15 is 0 Å². The van der Waals surface area contributed by atoms with Gasteiger partial charge in [-0.1, -0.05) is 6.92 Å². The van der Waals surface area contributed by atoms with Crippen LogP contribution in [0.25, 0.3) is 0 Å². The third-order valence-corrected chi connectivity index (χ3v) is 9.04. The van der Waals surface area contributed by atoms with Gasteiger partial charge in [0.2, 0.25) is 0 Å². The van der Waals surface area contributed by atoms with Crippen LogP contribution in [0, 0.1) is 0 Å². The zero-order valence-electron chi connectivity index (χ0n) is 30.4. The van der Waals surface area contributed by atoms with Gasteiger partial charge in [-0.3, -0.25) is 14.5 Å². The monoisotopic (exact) mass is 840 g/mol. The van der Waals surface area contributed by atoms with Crippen molar-refractivity contribution in [3.63, 3.8) is 0 Å². The number of carboxylic acids is 2. The number of anilines is 2. The van der Waals surface area contributed by atoms with Crippen molar-refractivity contribution in [2.24, 2.45) is 5.73 Å². The van der Waals surface area contributed by atoms with E-state index in [-0.39, 0.29) is 105 Å². The number of pyridine rings is 1. The Morgan fingerprint density at radius 3 is 1.91 bits per heavy atom. The first kappa shape index (κ1) is 45.4. The number of rotatable bonds is 11. The number of hydrogen-bond donors (Lipinski definition) is 4. The molecule has 0 unspecified atom stereocenters. The average Bonchev–Trinajstić information content (AvgIpc) is 3.13. The molecule has 0 aliphatic carbocycles. The number of morpholine rings is 1. The molecule has 3 aromatic rings. The molecule has 2 aliphatic rings. The standard InChI is InChI=1S/C29H27F9N6O3.C6H10O5/c1-2-26(39)13-18(23-20(44(26)25(45)46)3-4-22(42-23)29(36,37)38)24-40-14-21(43-5-7-47-8-6-43)19(41-24)11-15-9-16(27(30,31)32)12-17(10-15)28(33,34)35;7-5(8)1-3-11-4-2-6(9)10/h3-4,9-10,12,14,18H,2,5-8,11,13,39H2,1H3,(H,45,46);1-4H2,(H,7,8)(H,9,10)/t18-,26+;/m0./s1. The highest BCUT2D eigenvalue weighted by atomic mass is 19.4. The summed E-state index contributed by atoms with van der Waals surface area (Å²) in [5.41, 5.74) is -0.305. The Morgan fingerprint density at radius 2 is 1.43 bits per heavy atom. The van der Waals surface area contributed by atoms with Crippen LogP contribution in [0.1, 0.15) is 78.1 Å². The first-order valence-electron chi connectivity index (χ1n) is 17.3. The number of fused-ring (bicyclic) bond motifs is 1. The van der Waals surface area contributed by atoms with Crippen LogP contribution >= 0.6 is 0 Å². The molecule has 0 radical (unpaired) electrons. The lowest BCUT2D eigenvalue weighted by atomic mass is 9.83. The highest BCUT2D eigenvalue weighted by Crippen LogP contribution is 2.46. The second-order valence-electron chi connectivity index (χ2n) is 13.1. The first-order valence-corrected chi connectivity index (χ1v) is 17.3. The van der Waals surface area contributed by atoms with Gasteiger partial charge in [0.1, 0.15) is 17.2 Å². The third kappa shape index (κ3) is 11.4.